The quantitative estimate of drug-likeness (QED) is 0.903. The highest BCUT2D eigenvalue weighted by Crippen LogP contribution is 2.18. The second-order valence-corrected chi connectivity index (χ2v) is 6.21. The Balaban J connectivity index is 1.64. The predicted octanol–water partition coefficient (Wildman–Crippen LogP) is 2.53. The number of hydrogen-bond donors (Lipinski definition) is 1. The maximum absolute atomic E-state index is 11.8. The molecular formula is C12H19N3OS2. The van der Waals surface area contributed by atoms with Crippen molar-refractivity contribution in [1.29, 1.82) is 0 Å². The molecule has 0 aliphatic heterocycles. The van der Waals surface area contributed by atoms with Crippen LogP contribution in [0.2, 0.25) is 0 Å². The molecule has 2 rings (SSSR count). The molecule has 1 saturated carbocycles. The molecule has 0 spiro atoms. The number of thioether (sulfide) groups is 1. The smallest absolute Gasteiger partial charge is 0.230 e. The van der Waals surface area contributed by atoms with E-state index >= 15 is 0 Å². The molecule has 0 atom stereocenters. The highest BCUT2D eigenvalue weighted by atomic mass is 32.2. The minimum absolute atomic E-state index is 0.160. The number of aromatic nitrogens is 2. The molecule has 1 aliphatic rings. The summed E-state index contributed by atoms with van der Waals surface area (Å²) in [5, 5.41) is 3.12. The van der Waals surface area contributed by atoms with Gasteiger partial charge in [0, 0.05) is 11.8 Å². The van der Waals surface area contributed by atoms with E-state index in [2.05, 4.69) is 14.1 Å². The van der Waals surface area contributed by atoms with Crippen molar-refractivity contribution in [2.45, 2.75) is 50.8 Å². The number of nitrogens with one attached hydrogen (secondary N) is 1. The number of hydrogen-bond acceptors (Lipinski definition) is 5. The van der Waals surface area contributed by atoms with E-state index in [4.69, 9.17) is 0 Å². The molecule has 6 heteroatoms. The van der Waals surface area contributed by atoms with Crippen LogP contribution in [-0.4, -0.2) is 26.4 Å². The van der Waals surface area contributed by atoms with Crippen LogP contribution in [0.15, 0.2) is 0 Å². The number of aryl methyl sites for hydroxylation is 1. The summed E-state index contributed by atoms with van der Waals surface area (Å²) in [6.07, 6.45) is 6.11. The summed E-state index contributed by atoms with van der Waals surface area (Å²) < 4.78 is 8.33. The van der Waals surface area contributed by atoms with Gasteiger partial charge in [-0.05, 0) is 19.8 Å². The molecule has 0 unspecified atom stereocenters. The van der Waals surface area contributed by atoms with Crippen molar-refractivity contribution in [2.75, 3.05) is 5.75 Å². The Labute approximate surface area is 116 Å². The second-order valence-electron chi connectivity index (χ2n) is 4.69. The summed E-state index contributed by atoms with van der Waals surface area (Å²) in [7, 11) is 0. The van der Waals surface area contributed by atoms with Gasteiger partial charge in [0.05, 0.1) is 28.9 Å². The van der Waals surface area contributed by atoms with Crippen LogP contribution in [0.1, 0.15) is 43.5 Å². The summed E-state index contributed by atoms with van der Waals surface area (Å²) in [6, 6.07) is 0.412. The van der Waals surface area contributed by atoms with E-state index in [1.807, 2.05) is 6.92 Å². The zero-order valence-electron chi connectivity index (χ0n) is 10.6. The van der Waals surface area contributed by atoms with Crippen molar-refractivity contribution in [1.82, 2.24) is 14.1 Å². The van der Waals surface area contributed by atoms with E-state index in [1.165, 1.54) is 31.0 Å². The molecule has 0 aromatic carbocycles. The Bertz CT molecular complexity index is 388. The van der Waals surface area contributed by atoms with Gasteiger partial charge in [-0.15, -0.1) is 11.8 Å². The van der Waals surface area contributed by atoms with Gasteiger partial charge in [0.1, 0.15) is 0 Å². The van der Waals surface area contributed by atoms with Crippen molar-refractivity contribution < 1.29 is 4.79 Å². The lowest BCUT2D eigenvalue weighted by molar-refractivity contribution is -0.119. The van der Waals surface area contributed by atoms with Gasteiger partial charge >= 0.3 is 0 Å². The van der Waals surface area contributed by atoms with Crippen LogP contribution >= 0.6 is 23.5 Å². The van der Waals surface area contributed by atoms with Crippen LogP contribution in [0.3, 0.4) is 0 Å². The van der Waals surface area contributed by atoms with Gasteiger partial charge < -0.3 is 5.32 Å². The largest absolute Gasteiger partial charge is 0.353 e. The summed E-state index contributed by atoms with van der Waals surface area (Å²) in [5.41, 5.74) is 2.00. The molecule has 0 bridgehead atoms. The highest BCUT2D eigenvalue weighted by Gasteiger charge is 2.15. The Morgan fingerprint density at radius 3 is 2.83 bits per heavy atom. The fourth-order valence-corrected chi connectivity index (χ4v) is 3.62. The Kier molecular flexibility index (Phi) is 5.44. The lowest BCUT2D eigenvalue weighted by atomic mass is 9.95. The molecule has 0 saturated heterocycles. The third kappa shape index (κ3) is 4.24. The number of amides is 1. The van der Waals surface area contributed by atoms with E-state index in [9.17, 15) is 4.79 Å². The summed E-state index contributed by atoms with van der Waals surface area (Å²) in [4.78, 5) is 11.8. The summed E-state index contributed by atoms with van der Waals surface area (Å²) in [6.45, 7) is 1.96. The third-order valence-corrected chi connectivity index (χ3v) is 4.79. The van der Waals surface area contributed by atoms with Crippen LogP contribution in [0, 0.1) is 6.92 Å². The van der Waals surface area contributed by atoms with E-state index in [0.29, 0.717) is 11.8 Å². The molecule has 0 radical (unpaired) electrons. The van der Waals surface area contributed by atoms with Crippen LogP contribution in [0.4, 0.5) is 0 Å². The maximum Gasteiger partial charge on any atom is 0.230 e. The van der Waals surface area contributed by atoms with Crippen LogP contribution < -0.4 is 5.32 Å². The molecular weight excluding hydrogens is 266 g/mol. The van der Waals surface area contributed by atoms with Crippen molar-refractivity contribution in [2.24, 2.45) is 0 Å². The van der Waals surface area contributed by atoms with Crippen molar-refractivity contribution in [3.63, 3.8) is 0 Å². The number of nitrogens with zero attached hydrogens (tertiary/aromatic N) is 2. The van der Waals surface area contributed by atoms with Crippen LogP contribution in [0.5, 0.6) is 0 Å². The normalized spacial score (nSPS) is 16.7. The van der Waals surface area contributed by atoms with Gasteiger partial charge in [0.25, 0.3) is 0 Å². The molecule has 18 heavy (non-hydrogen) atoms. The number of carbonyl (C=O) groups is 1. The zero-order valence-corrected chi connectivity index (χ0v) is 12.3. The van der Waals surface area contributed by atoms with Gasteiger partial charge in [-0.3, -0.25) is 4.79 Å². The van der Waals surface area contributed by atoms with Gasteiger partial charge in [0.15, 0.2) is 0 Å². The molecule has 100 valence electrons. The van der Waals surface area contributed by atoms with E-state index in [0.717, 1.165) is 30.0 Å². The monoisotopic (exact) mass is 285 g/mol. The highest BCUT2D eigenvalue weighted by molar-refractivity contribution is 7.99. The predicted molar refractivity (Wildman–Crippen MR) is 75.8 cm³/mol. The lowest BCUT2D eigenvalue weighted by Crippen LogP contribution is -2.37. The number of carbonyl (C=O) groups excluding carboxylic acids is 1. The van der Waals surface area contributed by atoms with Crippen molar-refractivity contribution in [3.8, 4) is 0 Å². The van der Waals surface area contributed by atoms with Gasteiger partial charge in [-0.25, -0.2) is 0 Å². The first-order valence-electron chi connectivity index (χ1n) is 6.41. The molecule has 1 aliphatic carbocycles. The average Bonchev–Trinajstić information content (AvgIpc) is 2.76. The lowest BCUT2D eigenvalue weighted by Gasteiger charge is -2.22. The molecule has 1 heterocycles. The van der Waals surface area contributed by atoms with Crippen LogP contribution in [-0.2, 0) is 10.5 Å². The van der Waals surface area contributed by atoms with Gasteiger partial charge in [-0.2, -0.15) is 8.75 Å². The first-order valence-corrected chi connectivity index (χ1v) is 8.29. The Hall–Kier alpha value is -0.620. The van der Waals surface area contributed by atoms with Gasteiger partial charge in [-0.1, -0.05) is 19.3 Å². The Morgan fingerprint density at radius 1 is 1.39 bits per heavy atom. The SMILES string of the molecule is Cc1nsnc1CSCC(=O)NC1CCCCC1. The minimum Gasteiger partial charge on any atom is -0.353 e. The molecule has 1 amide bonds. The summed E-state index contributed by atoms with van der Waals surface area (Å²) in [5.74, 6) is 1.46. The minimum atomic E-state index is 0.160. The third-order valence-electron chi connectivity index (χ3n) is 3.19. The van der Waals surface area contributed by atoms with E-state index in [-0.39, 0.29) is 5.91 Å². The number of rotatable bonds is 5. The van der Waals surface area contributed by atoms with E-state index < -0.39 is 0 Å². The zero-order chi connectivity index (χ0) is 12.8. The van der Waals surface area contributed by atoms with E-state index in [1.54, 1.807) is 11.8 Å². The molecule has 1 aromatic heterocycles. The summed E-state index contributed by atoms with van der Waals surface area (Å²) >= 11 is 2.85. The molecule has 4 nitrogen and oxygen atoms in total. The topological polar surface area (TPSA) is 54.9 Å². The first-order chi connectivity index (χ1) is 8.75. The first kappa shape index (κ1) is 13.8. The maximum atomic E-state index is 11.8. The molecule has 1 aromatic rings. The second kappa shape index (κ2) is 7.09. The Morgan fingerprint density at radius 2 is 2.17 bits per heavy atom. The molecule has 1 N–H and O–H groups in total. The fourth-order valence-electron chi connectivity index (χ4n) is 2.14. The van der Waals surface area contributed by atoms with Gasteiger partial charge in [0.2, 0.25) is 5.91 Å². The van der Waals surface area contributed by atoms with Crippen LogP contribution in [0.25, 0.3) is 0 Å². The standard InChI is InChI=1S/C12H19N3OS2/c1-9-11(15-18-14-9)7-17-8-12(16)13-10-5-3-2-4-6-10/h10H,2-8H2,1H3,(H,13,16). The average molecular weight is 285 g/mol. The fraction of sp³-hybridized carbons (Fsp3) is 0.750. The van der Waals surface area contributed by atoms with Crippen molar-refractivity contribution >= 4 is 29.4 Å². The molecule has 1 fully saturated rings. The van der Waals surface area contributed by atoms with Crippen molar-refractivity contribution in [3.05, 3.63) is 11.4 Å².